The molecule has 120 valence electrons. The van der Waals surface area contributed by atoms with Crippen LogP contribution in [0.4, 0.5) is 4.39 Å². The predicted octanol–water partition coefficient (Wildman–Crippen LogP) is 1.76. The predicted molar refractivity (Wildman–Crippen MR) is 80.9 cm³/mol. The summed E-state index contributed by atoms with van der Waals surface area (Å²) in [6.07, 6.45) is 0.382. The minimum Gasteiger partial charge on any atom is -0.389 e. The maximum absolute atomic E-state index is 13.0. The second-order valence-electron chi connectivity index (χ2n) is 5.23. The number of hydrogen-bond donors (Lipinski definition) is 2. The number of aliphatic hydroxyl groups excluding tert-OH is 1. The number of benzene rings is 1. The second-order valence-corrected chi connectivity index (χ2v) is 5.23. The summed E-state index contributed by atoms with van der Waals surface area (Å²) >= 11 is 0. The number of rotatable bonds is 11. The Hall–Kier alpha value is -1.01. The number of hydrogen-bond acceptors (Lipinski definition) is 4. The van der Waals surface area contributed by atoms with E-state index in [2.05, 4.69) is 5.32 Å². The molecule has 21 heavy (non-hydrogen) atoms. The number of ether oxygens (including phenoxy) is 2. The first-order valence-electron chi connectivity index (χ1n) is 7.40. The lowest BCUT2D eigenvalue weighted by atomic mass is 10.1. The van der Waals surface area contributed by atoms with E-state index in [1.165, 1.54) is 12.1 Å². The van der Waals surface area contributed by atoms with Gasteiger partial charge in [0.1, 0.15) is 5.82 Å². The molecule has 2 N–H and O–H groups in total. The Morgan fingerprint density at radius 2 is 2.10 bits per heavy atom. The van der Waals surface area contributed by atoms with Gasteiger partial charge in [-0.15, -0.1) is 0 Å². The molecule has 0 aliphatic heterocycles. The third kappa shape index (κ3) is 9.52. The third-order valence-electron chi connectivity index (χ3n) is 2.85. The highest BCUT2D eigenvalue weighted by Gasteiger charge is 2.04. The molecule has 0 saturated heterocycles. The lowest BCUT2D eigenvalue weighted by Crippen LogP contribution is -2.32. The van der Waals surface area contributed by atoms with E-state index in [-0.39, 0.29) is 18.5 Å². The van der Waals surface area contributed by atoms with Gasteiger partial charge in [0.25, 0.3) is 0 Å². The van der Waals surface area contributed by atoms with E-state index in [0.29, 0.717) is 26.3 Å². The van der Waals surface area contributed by atoms with E-state index < -0.39 is 6.10 Å². The van der Waals surface area contributed by atoms with Crippen LogP contribution in [0.5, 0.6) is 0 Å². The van der Waals surface area contributed by atoms with Gasteiger partial charge in [-0.1, -0.05) is 12.1 Å². The van der Waals surface area contributed by atoms with Crippen molar-refractivity contribution in [2.75, 3.05) is 32.9 Å². The van der Waals surface area contributed by atoms with Crippen LogP contribution in [0.15, 0.2) is 24.3 Å². The van der Waals surface area contributed by atoms with Crippen LogP contribution in [0.2, 0.25) is 0 Å². The second kappa shape index (κ2) is 10.7. The van der Waals surface area contributed by atoms with Crippen molar-refractivity contribution in [1.29, 1.82) is 0 Å². The van der Waals surface area contributed by atoms with Crippen molar-refractivity contribution in [1.82, 2.24) is 5.32 Å². The van der Waals surface area contributed by atoms with Crippen LogP contribution in [-0.4, -0.2) is 50.2 Å². The normalized spacial score (nSPS) is 12.8. The maximum Gasteiger partial charge on any atom is 0.123 e. The van der Waals surface area contributed by atoms with Crippen molar-refractivity contribution in [3.05, 3.63) is 35.6 Å². The third-order valence-corrected chi connectivity index (χ3v) is 2.85. The summed E-state index contributed by atoms with van der Waals surface area (Å²) in [5, 5.41) is 12.8. The van der Waals surface area contributed by atoms with Gasteiger partial charge in [-0.3, -0.25) is 0 Å². The van der Waals surface area contributed by atoms with Crippen LogP contribution in [0.1, 0.15) is 19.4 Å². The fraction of sp³-hybridized carbons (Fsp3) is 0.625. The fourth-order valence-electron chi connectivity index (χ4n) is 1.81. The summed E-state index contributed by atoms with van der Waals surface area (Å²) in [6, 6.07) is 6.54. The molecule has 1 unspecified atom stereocenters. The smallest absolute Gasteiger partial charge is 0.123 e. The monoisotopic (exact) mass is 299 g/mol. The van der Waals surface area contributed by atoms with E-state index >= 15 is 0 Å². The fourth-order valence-corrected chi connectivity index (χ4v) is 1.81. The number of nitrogens with one attached hydrogen (secondary N) is 1. The minimum absolute atomic E-state index is 0.197. The molecule has 0 bridgehead atoms. The molecule has 0 aliphatic carbocycles. The van der Waals surface area contributed by atoms with Crippen LogP contribution in [0.3, 0.4) is 0 Å². The molecule has 0 heterocycles. The molecular weight excluding hydrogens is 273 g/mol. The molecule has 0 aliphatic rings. The zero-order chi connectivity index (χ0) is 15.5. The zero-order valence-electron chi connectivity index (χ0n) is 12.8. The zero-order valence-corrected chi connectivity index (χ0v) is 12.8. The van der Waals surface area contributed by atoms with Crippen LogP contribution >= 0.6 is 0 Å². The molecule has 0 radical (unpaired) electrons. The Morgan fingerprint density at radius 3 is 2.81 bits per heavy atom. The largest absolute Gasteiger partial charge is 0.389 e. The van der Waals surface area contributed by atoms with Crippen LogP contribution in [0.25, 0.3) is 0 Å². The molecular formula is C16H26FNO3. The standard InChI is InChI=1S/C16H26FNO3/c1-13(2)21-9-8-20-12-16(19)11-18-7-6-14-4-3-5-15(17)10-14/h3-5,10,13,16,18-19H,6-9,11-12H2,1-2H3. The molecule has 1 aromatic carbocycles. The SMILES string of the molecule is CC(C)OCCOCC(O)CNCCc1cccc(F)c1. The molecule has 1 atom stereocenters. The number of aliphatic hydroxyl groups is 1. The van der Waals surface area contributed by atoms with Crippen molar-refractivity contribution in [2.24, 2.45) is 0 Å². The molecule has 1 aromatic rings. The molecule has 0 fully saturated rings. The van der Waals surface area contributed by atoms with E-state index in [4.69, 9.17) is 9.47 Å². The molecule has 1 rings (SSSR count). The van der Waals surface area contributed by atoms with Gasteiger partial charge >= 0.3 is 0 Å². The molecule has 0 saturated carbocycles. The molecule has 0 amide bonds. The van der Waals surface area contributed by atoms with Crippen molar-refractivity contribution in [3.8, 4) is 0 Å². The summed E-state index contributed by atoms with van der Waals surface area (Å²) in [6.45, 7) is 6.40. The van der Waals surface area contributed by atoms with Crippen LogP contribution in [0, 0.1) is 5.82 Å². The van der Waals surface area contributed by atoms with Gasteiger partial charge in [-0.2, -0.15) is 0 Å². The summed E-state index contributed by atoms with van der Waals surface area (Å²) < 4.78 is 23.6. The van der Waals surface area contributed by atoms with Gasteiger partial charge in [0, 0.05) is 6.54 Å². The highest BCUT2D eigenvalue weighted by atomic mass is 19.1. The first kappa shape index (κ1) is 18.0. The maximum atomic E-state index is 13.0. The topological polar surface area (TPSA) is 50.7 Å². The van der Waals surface area contributed by atoms with E-state index in [0.717, 1.165) is 12.0 Å². The van der Waals surface area contributed by atoms with E-state index in [1.807, 2.05) is 19.9 Å². The van der Waals surface area contributed by atoms with Crippen molar-refractivity contribution < 1.29 is 19.0 Å². The van der Waals surface area contributed by atoms with Crippen LogP contribution < -0.4 is 5.32 Å². The lowest BCUT2D eigenvalue weighted by Gasteiger charge is -2.13. The molecule has 5 heteroatoms. The number of halogens is 1. The quantitative estimate of drug-likeness (QED) is 0.611. The van der Waals surface area contributed by atoms with Crippen LogP contribution in [-0.2, 0) is 15.9 Å². The Labute approximate surface area is 126 Å². The van der Waals surface area contributed by atoms with Gasteiger partial charge in [0.15, 0.2) is 0 Å². The highest BCUT2D eigenvalue weighted by Crippen LogP contribution is 2.03. The Bertz CT molecular complexity index is 388. The van der Waals surface area contributed by atoms with E-state index in [9.17, 15) is 9.50 Å². The van der Waals surface area contributed by atoms with Crippen molar-refractivity contribution in [2.45, 2.75) is 32.5 Å². The summed E-state index contributed by atoms with van der Waals surface area (Å²) in [4.78, 5) is 0. The lowest BCUT2D eigenvalue weighted by molar-refractivity contribution is -0.00989. The van der Waals surface area contributed by atoms with Gasteiger partial charge in [0.2, 0.25) is 0 Å². The summed E-state index contributed by atoms with van der Waals surface area (Å²) in [7, 11) is 0. The van der Waals surface area contributed by atoms with Gasteiger partial charge in [-0.05, 0) is 44.5 Å². The Balaban J connectivity index is 1.99. The summed E-state index contributed by atoms with van der Waals surface area (Å²) in [5.74, 6) is -0.218. The molecule has 4 nitrogen and oxygen atoms in total. The first-order valence-corrected chi connectivity index (χ1v) is 7.40. The van der Waals surface area contributed by atoms with Crippen molar-refractivity contribution >= 4 is 0 Å². The van der Waals surface area contributed by atoms with Gasteiger partial charge < -0.3 is 19.9 Å². The highest BCUT2D eigenvalue weighted by molar-refractivity contribution is 5.16. The van der Waals surface area contributed by atoms with Crippen molar-refractivity contribution in [3.63, 3.8) is 0 Å². The van der Waals surface area contributed by atoms with Gasteiger partial charge in [0.05, 0.1) is 32.0 Å². The van der Waals surface area contributed by atoms with E-state index in [1.54, 1.807) is 6.07 Å². The first-order chi connectivity index (χ1) is 10.1. The minimum atomic E-state index is -0.545. The molecule has 0 aromatic heterocycles. The average molecular weight is 299 g/mol. The average Bonchev–Trinajstić information content (AvgIpc) is 2.43. The molecule has 0 spiro atoms. The van der Waals surface area contributed by atoms with Gasteiger partial charge in [-0.25, -0.2) is 4.39 Å². The Kier molecular flexibility index (Phi) is 9.17. The Morgan fingerprint density at radius 1 is 1.29 bits per heavy atom. The summed E-state index contributed by atoms with van der Waals surface area (Å²) in [5.41, 5.74) is 0.944.